The summed E-state index contributed by atoms with van der Waals surface area (Å²) in [6, 6.07) is 0. The fraction of sp³-hybridized carbons (Fsp3) is 0.727. The van der Waals surface area contributed by atoms with Crippen molar-refractivity contribution in [1.29, 1.82) is 0 Å². The second-order valence-corrected chi connectivity index (χ2v) is 4.51. The molecule has 3 atom stereocenters. The molecule has 0 aliphatic carbocycles. The number of carbonyl (C=O) groups is 1. The summed E-state index contributed by atoms with van der Waals surface area (Å²) in [4.78, 5) is 12.7. The summed E-state index contributed by atoms with van der Waals surface area (Å²) >= 11 is 0. The molecule has 3 aliphatic heterocycles. The van der Waals surface area contributed by atoms with Crippen LogP contribution in [0.1, 0.15) is 6.92 Å². The zero-order valence-electron chi connectivity index (χ0n) is 9.93. The number of hydrogen-bond acceptors (Lipinski definition) is 5. The monoisotopic (exact) mass is 242 g/mol. The van der Waals surface area contributed by atoms with Gasteiger partial charge in [0, 0.05) is 5.97 Å². The van der Waals surface area contributed by atoms with Crippen LogP contribution in [-0.4, -0.2) is 56.0 Å². The van der Waals surface area contributed by atoms with E-state index < -0.39 is 5.97 Å². The van der Waals surface area contributed by atoms with Crippen LogP contribution in [-0.2, 0) is 14.3 Å². The van der Waals surface area contributed by atoms with Crippen LogP contribution in [0.15, 0.2) is 12.4 Å². The zero-order valence-corrected chi connectivity index (χ0v) is 9.93. The van der Waals surface area contributed by atoms with E-state index in [0.717, 1.165) is 39.9 Å². The van der Waals surface area contributed by atoms with Crippen LogP contribution >= 0.6 is 0 Å². The van der Waals surface area contributed by atoms with E-state index in [0.29, 0.717) is 12.2 Å². The normalized spacial score (nSPS) is 33.0. The van der Waals surface area contributed by atoms with Crippen molar-refractivity contribution in [1.82, 2.24) is 4.90 Å². The van der Waals surface area contributed by atoms with Crippen molar-refractivity contribution in [3.8, 4) is 0 Å². The van der Waals surface area contributed by atoms with Gasteiger partial charge in [-0.05, 0) is 6.92 Å². The molecule has 0 aromatic carbocycles. The standard InChI is InChI=1S/C9H14N2O2.C2H4O2/c1-2-11(4-9-6-13-9)7-10(1)3-8-5-12-8;1-2(3)4/h1-2,8-9H,3-7H2;1H3,(H,3,4). The number of hydrogen-bond donors (Lipinski definition) is 1. The highest BCUT2D eigenvalue weighted by Crippen LogP contribution is 2.11. The minimum absolute atomic E-state index is 0.501. The van der Waals surface area contributed by atoms with Crippen molar-refractivity contribution in [3.63, 3.8) is 0 Å². The number of ether oxygens (including phenoxy) is 2. The van der Waals surface area contributed by atoms with E-state index in [1.807, 2.05) is 0 Å². The number of rotatable bonds is 4. The van der Waals surface area contributed by atoms with E-state index in [-0.39, 0.29) is 0 Å². The van der Waals surface area contributed by atoms with Crippen LogP contribution in [0.5, 0.6) is 0 Å². The number of nitrogens with zero attached hydrogens (tertiary/aromatic N) is 1. The smallest absolute Gasteiger partial charge is 0.157 e. The first-order valence-electron chi connectivity index (χ1n) is 5.81. The Balaban J connectivity index is 0.000000239. The largest absolute Gasteiger partial charge is 0.550 e. The molecule has 17 heavy (non-hydrogen) atoms. The van der Waals surface area contributed by atoms with Gasteiger partial charge in [-0.3, -0.25) is 4.90 Å². The Bertz CT molecular complexity index is 274. The fourth-order valence-corrected chi connectivity index (χ4v) is 1.75. The first kappa shape index (κ1) is 12.3. The summed E-state index contributed by atoms with van der Waals surface area (Å²) in [7, 11) is 0. The third-order valence-corrected chi connectivity index (χ3v) is 2.66. The Labute approximate surface area is 100 Å². The molecule has 0 amide bonds. The summed E-state index contributed by atoms with van der Waals surface area (Å²) in [5.41, 5.74) is 0. The molecule has 0 saturated carbocycles. The van der Waals surface area contributed by atoms with E-state index in [2.05, 4.69) is 17.3 Å². The first-order valence-corrected chi connectivity index (χ1v) is 5.81. The summed E-state index contributed by atoms with van der Waals surface area (Å²) in [5.74, 6) is -1.08. The second kappa shape index (κ2) is 5.48. The minimum atomic E-state index is -1.08. The third kappa shape index (κ3) is 5.16. The van der Waals surface area contributed by atoms with Crippen molar-refractivity contribution >= 4 is 5.97 Å². The Morgan fingerprint density at radius 3 is 2.59 bits per heavy atom. The van der Waals surface area contributed by atoms with Crippen LogP contribution < -0.4 is 10.0 Å². The molecule has 0 aromatic rings. The van der Waals surface area contributed by atoms with Gasteiger partial charge in [0.1, 0.15) is 18.8 Å². The van der Waals surface area contributed by atoms with Gasteiger partial charge in [-0.15, -0.1) is 0 Å². The van der Waals surface area contributed by atoms with Crippen LogP contribution in [0.4, 0.5) is 0 Å². The van der Waals surface area contributed by atoms with Gasteiger partial charge in [0.25, 0.3) is 0 Å². The Morgan fingerprint density at radius 2 is 2.06 bits per heavy atom. The molecule has 0 bridgehead atoms. The van der Waals surface area contributed by atoms with E-state index >= 15 is 0 Å². The molecule has 0 spiro atoms. The lowest BCUT2D eigenvalue weighted by molar-refractivity contribution is -0.849. The number of carbonyl (C=O) groups excluding carboxylic acids is 1. The minimum Gasteiger partial charge on any atom is -0.550 e. The summed E-state index contributed by atoms with van der Waals surface area (Å²) in [5, 5.41) is 8.89. The number of epoxide rings is 2. The van der Waals surface area contributed by atoms with Gasteiger partial charge < -0.3 is 24.3 Å². The number of nitrogens with one attached hydrogen (secondary N) is 1. The molecule has 6 heteroatoms. The highest BCUT2D eigenvalue weighted by atomic mass is 16.6. The first-order chi connectivity index (χ1) is 8.13. The molecule has 1 N–H and O–H groups in total. The number of aliphatic carboxylic acids is 1. The van der Waals surface area contributed by atoms with Crippen LogP contribution in [0.2, 0.25) is 0 Å². The predicted octanol–water partition coefficient (Wildman–Crippen LogP) is -2.83. The number of carboxylic acids is 1. The molecular formula is C11H18N2O4. The fourth-order valence-electron chi connectivity index (χ4n) is 1.75. The Hall–Kier alpha value is -1.11. The van der Waals surface area contributed by atoms with Gasteiger partial charge in [-0.2, -0.15) is 0 Å². The van der Waals surface area contributed by atoms with Crippen LogP contribution in [0.25, 0.3) is 0 Å². The maximum absolute atomic E-state index is 8.89. The van der Waals surface area contributed by atoms with Gasteiger partial charge in [0.05, 0.1) is 32.1 Å². The second-order valence-electron chi connectivity index (χ2n) is 4.51. The Kier molecular flexibility index (Phi) is 3.98. The van der Waals surface area contributed by atoms with Gasteiger partial charge in [-0.25, -0.2) is 0 Å². The zero-order chi connectivity index (χ0) is 12.3. The van der Waals surface area contributed by atoms with E-state index in [1.165, 1.54) is 4.90 Å². The predicted molar refractivity (Wildman–Crippen MR) is 56.7 cm³/mol. The maximum atomic E-state index is 8.89. The average molecular weight is 242 g/mol. The van der Waals surface area contributed by atoms with Crippen molar-refractivity contribution in [2.75, 3.05) is 33.0 Å². The lowest BCUT2D eigenvalue weighted by Crippen LogP contribution is -3.08. The van der Waals surface area contributed by atoms with Gasteiger partial charge in [0.15, 0.2) is 6.67 Å². The molecule has 3 unspecified atom stereocenters. The van der Waals surface area contributed by atoms with Crippen molar-refractivity contribution in [2.45, 2.75) is 19.1 Å². The summed E-state index contributed by atoms with van der Waals surface area (Å²) in [6.07, 6.45) is 5.43. The third-order valence-electron chi connectivity index (χ3n) is 2.66. The molecule has 3 aliphatic rings. The Morgan fingerprint density at radius 1 is 1.47 bits per heavy atom. The van der Waals surface area contributed by atoms with E-state index in [1.54, 1.807) is 0 Å². The van der Waals surface area contributed by atoms with Crippen LogP contribution in [0, 0.1) is 0 Å². The molecule has 0 aromatic heterocycles. The lowest BCUT2D eigenvalue weighted by atomic mass is 10.4. The maximum Gasteiger partial charge on any atom is 0.157 e. The number of carboxylic acid groups (broad SMARTS) is 1. The van der Waals surface area contributed by atoms with E-state index in [4.69, 9.17) is 19.4 Å². The molecule has 6 nitrogen and oxygen atoms in total. The lowest BCUT2D eigenvalue weighted by Gasteiger charge is -2.14. The molecule has 2 fully saturated rings. The molecule has 3 heterocycles. The quantitative estimate of drug-likeness (QED) is 0.538. The number of quaternary nitrogens is 1. The van der Waals surface area contributed by atoms with Gasteiger partial charge in [-0.1, -0.05) is 0 Å². The molecule has 96 valence electrons. The van der Waals surface area contributed by atoms with Crippen LogP contribution in [0.3, 0.4) is 0 Å². The molecular weight excluding hydrogens is 224 g/mol. The van der Waals surface area contributed by atoms with Gasteiger partial charge >= 0.3 is 0 Å². The summed E-state index contributed by atoms with van der Waals surface area (Å²) < 4.78 is 10.4. The molecule has 3 rings (SSSR count). The topological polar surface area (TPSA) is 72.9 Å². The van der Waals surface area contributed by atoms with E-state index in [9.17, 15) is 0 Å². The highest BCUT2D eigenvalue weighted by Gasteiger charge is 2.32. The van der Waals surface area contributed by atoms with Gasteiger partial charge in [0.2, 0.25) is 0 Å². The SMILES string of the molecule is C1=C[NH+](CC2CO2)CN1CC1CO1.CC(=O)[O-]. The molecule has 0 radical (unpaired) electrons. The highest BCUT2D eigenvalue weighted by molar-refractivity contribution is 5.60. The molecule has 2 saturated heterocycles. The van der Waals surface area contributed by atoms with Crippen molar-refractivity contribution < 1.29 is 24.3 Å². The van der Waals surface area contributed by atoms with Crippen molar-refractivity contribution in [3.05, 3.63) is 12.4 Å². The summed E-state index contributed by atoms with van der Waals surface area (Å²) in [6.45, 7) is 6.15. The van der Waals surface area contributed by atoms with Crippen molar-refractivity contribution in [2.24, 2.45) is 0 Å². The average Bonchev–Trinajstić information content (AvgIpc) is 3.09.